The number of hydrogen-bond acceptors (Lipinski definition) is 3. The number of nitrogens with one attached hydrogen (secondary N) is 1. The van der Waals surface area contributed by atoms with Crippen LogP contribution in [0, 0.1) is 17.8 Å². The van der Waals surface area contributed by atoms with Gasteiger partial charge in [0.05, 0.1) is 5.60 Å². The van der Waals surface area contributed by atoms with Crippen LogP contribution in [0.15, 0.2) is 0 Å². The summed E-state index contributed by atoms with van der Waals surface area (Å²) >= 11 is 1.71. The van der Waals surface area contributed by atoms with Gasteiger partial charge in [0, 0.05) is 12.3 Å². The molecule has 2 N–H and O–H groups in total. The number of aliphatic hydroxyl groups is 1. The van der Waals surface area contributed by atoms with Gasteiger partial charge in [-0.1, -0.05) is 6.42 Å². The van der Waals surface area contributed by atoms with Crippen molar-refractivity contribution in [3.05, 3.63) is 0 Å². The summed E-state index contributed by atoms with van der Waals surface area (Å²) < 4.78 is 0. The van der Waals surface area contributed by atoms with Crippen LogP contribution in [0.5, 0.6) is 0 Å². The molecule has 4 unspecified atom stereocenters. The molecule has 0 spiro atoms. The molecule has 0 heterocycles. The molecule has 2 fully saturated rings. The minimum Gasteiger partial charge on any atom is -0.388 e. The fraction of sp³-hybridized carbons (Fsp3) is 1.00. The van der Waals surface area contributed by atoms with Gasteiger partial charge in [-0.15, -0.1) is 0 Å². The lowest BCUT2D eigenvalue weighted by molar-refractivity contribution is 0.0827. The van der Waals surface area contributed by atoms with Crippen LogP contribution in [0.2, 0.25) is 0 Å². The largest absolute Gasteiger partial charge is 0.388 e. The number of hydrogen-bond donors (Lipinski definition) is 2. The first kappa shape index (κ1) is 12.7. The fourth-order valence-electron chi connectivity index (χ4n) is 3.52. The summed E-state index contributed by atoms with van der Waals surface area (Å²) in [6.45, 7) is 3.78. The predicted octanol–water partition coefficient (Wildman–Crippen LogP) is 2.13. The standard InChI is InChI=1S/C13H25NOS/c1-13(15,9-16-2)8-14-7-12-6-10-3-4-11(12)5-10/h10-12,14-15H,3-9H2,1-2H3. The molecule has 0 aromatic rings. The van der Waals surface area contributed by atoms with Crippen molar-refractivity contribution in [2.75, 3.05) is 25.1 Å². The van der Waals surface area contributed by atoms with E-state index >= 15 is 0 Å². The van der Waals surface area contributed by atoms with Crippen LogP contribution >= 0.6 is 11.8 Å². The third-order valence-corrected chi connectivity index (χ3v) is 5.16. The highest BCUT2D eigenvalue weighted by atomic mass is 32.2. The molecule has 2 aliphatic rings. The maximum atomic E-state index is 10.0. The van der Waals surface area contributed by atoms with Gasteiger partial charge >= 0.3 is 0 Å². The van der Waals surface area contributed by atoms with E-state index in [1.54, 1.807) is 11.8 Å². The maximum absolute atomic E-state index is 10.0. The minimum absolute atomic E-state index is 0.545. The Labute approximate surface area is 104 Å². The lowest BCUT2D eigenvalue weighted by Crippen LogP contribution is -2.42. The first-order valence-electron chi connectivity index (χ1n) is 6.53. The Morgan fingerprint density at radius 3 is 2.75 bits per heavy atom. The molecule has 16 heavy (non-hydrogen) atoms. The van der Waals surface area contributed by atoms with E-state index in [-0.39, 0.29) is 0 Å². The maximum Gasteiger partial charge on any atom is 0.0833 e. The lowest BCUT2D eigenvalue weighted by atomic mass is 9.89. The summed E-state index contributed by atoms with van der Waals surface area (Å²) in [5.74, 6) is 3.73. The summed E-state index contributed by atoms with van der Waals surface area (Å²) in [6, 6.07) is 0. The molecule has 94 valence electrons. The number of fused-ring (bicyclic) bond motifs is 2. The second-order valence-corrected chi connectivity index (χ2v) is 6.86. The zero-order valence-corrected chi connectivity index (χ0v) is 11.4. The Bertz CT molecular complexity index is 232. The van der Waals surface area contributed by atoms with E-state index in [4.69, 9.17) is 0 Å². The second-order valence-electron chi connectivity index (χ2n) is 6.00. The van der Waals surface area contributed by atoms with Gasteiger partial charge in [-0.2, -0.15) is 11.8 Å². The van der Waals surface area contributed by atoms with Crippen molar-refractivity contribution in [1.29, 1.82) is 0 Å². The van der Waals surface area contributed by atoms with Gasteiger partial charge in [-0.25, -0.2) is 0 Å². The van der Waals surface area contributed by atoms with E-state index < -0.39 is 5.60 Å². The van der Waals surface area contributed by atoms with Crippen molar-refractivity contribution >= 4 is 11.8 Å². The predicted molar refractivity (Wildman–Crippen MR) is 70.8 cm³/mol. The molecule has 3 heteroatoms. The van der Waals surface area contributed by atoms with Gasteiger partial charge < -0.3 is 10.4 Å². The number of rotatable bonds is 6. The summed E-state index contributed by atoms with van der Waals surface area (Å²) in [6.07, 6.45) is 7.89. The molecule has 0 amide bonds. The van der Waals surface area contributed by atoms with Crippen LogP contribution < -0.4 is 5.32 Å². The normalized spacial score (nSPS) is 36.6. The average molecular weight is 243 g/mol. The van der Waals surface area contributed by atoms with Crippen LogP contribution in [0.4, 0.5) is 0 Å². The van der Waals surface area contributed by atoms with Crippen molar-refractivity contribution in [2.24, 2.45) is 17.8 Å². The van der Waals surface area contributed by atoms with Crippen LogP contribution in [0.25, 0.3) is 0 Å². The molecule has 0 aromatic heterocycles. The fourth-order valence-corrected chi connectivity index (χ4v) is 4.24. The molecule has 2 bridgehead atoms. The zero-order valence-electron chi connectivity index (χ0n) is 10.5. The molecular weight excluding hydrogens is 218 g/mol. The molecule has 0 aromatic carbocycles. The van der Waals surface area contributed by atoms with Gasteiger partial charge in [0.1, 0.15) is 0 Å². The third kappa shape index (κ3) is 3.14. The van der Waals surface area contributed by atoms with E-state index in [1.807, 2.05) is 13.2 Å². The third-order valence-electron chi connectivity index (χ3n) is 4.25. The van der Waals surface area contributed by atoms with Crippen molar-refractivity contribution in [2.45, 2.75) is 38.2 Å². The van der Waals surface area contributed by atoms with Gasteiger partial charge in [-0.05, 0) is 56.7 Å². The first-order chi connectivity index (χ1) is 7.61. The highest BCUT2D eigenvalue weighted by molar-refractivity contribution is 7.98. The van der Waals surface area contributed by atoms with E-state index in [1.165, 1.54) is 25.7 Å². The number of thioether (sulfide) groups is 1. The van der Waals surface area contributed by atoms with Crippen LogP contribution in [0.3, 0.4) is 0 Å². The van der Waals surface area contributed by atoms with Gasteiger partial charge in [0.15, 0.2) is 0 Å². The summed E-state index contributed by atoms with van der Waals surface area (Å²) in [5.41, 5.74) is -0.545. The van der Waals surface area contributed by atoms with E-state index in [0.717, 1.165) is 36.6 Å². The van der Waals surface area contributed by atoms with Crippen LogP contribution in [-0.2, 0) is 0 Å². The minimum atomic E-state index is -0.545. The summed E-state index contributed by atoms with van der Waals surface area (Å²) in [5, 5.41) is 13.5. The van der Waals surface area contributed by atoms with Crippen molar-refractivity contribution in [3.8, 4) is 0 Å². The molecule has 0 radical (unpaired) electrons. The second kappa shape index (κ2) is 5.28. The molecule has 2 saturated carbocycles. The SMILES string of the molecule is CSCC(C)(O)CNCC1CC2CCC1C2. The molecule has 2 rings (SSSR count). The Balaban J connectivity index is 1.65. The van der Waals surface area contributed by atoms with Gasteiger partial charge in [0.25, 0.3) is 0 Å². The van der Waals surface area contributed by atoms with E-state index in [9.17, 15) is 5.11 Å². The highest BCUT2D eigenvalue weighted by Crippen LogP contribution is 2.47. The molecular formula is C13H25NOS. The topological polar surface area (TPSA) is 32.3 Å². The molecule has 2 nitrogen and oxygen atoms in total. The summed E-state index contributed by atoms with van der Waals surface area (Å²) in [7, 11) is 0. The van der Waals surface area contributed by atoms with E-state index in [2.05, 4.69) is 5.32 Å². The zero-order chi connectivity index (χ0) is 11.6. The van der Waals surface area contributed by atoms with Crippen LogP contribution in [-0.4, -0.2) is 35.8 Å². The lowest BCUT2D eigenvalue weighted by Gasteiger charge is -2.26. The van der Waals surface area contributed by atoms with Crippen LogP contribution in [0.1, 0.15) is 32.6 Å². The quantitative estimate of drug-likeness (QED) is 0.749. The Morgan fingerprint density at radius 2 is 2.19 bits per heavy atom. The monoisotopic (exact) mass is 243 g/mol. The first-order valence-corrected chi connectivity index (χ1v) is 7.92. The molecule has 0 saturated heterocycles. The van der Waals surface area contributed by atoms with Crippen molar-refractivity contribution in [1.82, 2.24) is 5.32 Å². The molecule has 0 aliphatic heterocycles. The Hall–Kier alpha value is 0.270. The smallest absolute Gasteiger partial charge is 0.0833 e. The van der Waals surface area contributed by atoms with Crippen molar-refractivity contribution in [3.63, 3.8) is 0 Å². The Morgan fingerprint density at radius 1 is 1.38 bits per heavy atom. The average Bonchev–Trinajstić information content (AvgIpc) is 2.78. The molecule has 2 aliphatic carbocycles. The van der Waals surface area contributed by atoms with Gasteiger partial charge in [0.2, 0.25) is 0 Å². The molecule has 4 atom stereocenters. The van der Waals surface area contributed by atoms with E-state index in [0.29, 0.717) is 0 Å². The Kier molecular flexibility index (Phi) is 4.20. The van der Waals surface area contributed by atoms with Crippen molar-refractivity contribution < 1.29 is 5.11 Å². The van der Waals surface area contributed by atoms with Gasteiger partial charge in [-0.3, -0.25) is 0 Å². The highest BCUT2D eigenvalue weighted by Gasteiger charge is 2.39. The summed E-state index contributed by atoms with van der Waals surface area (Å²) in [4.78, 5) is 0.